The smallest absolute Gasteiger partial charge is 0.238 e. The van der Waals surface area contributed by atoms with Crippen LogP contribution in [0.4, 0.5) is 5.69 Å². The number of hydrogen-bond donors (Lipinski definition) is 2. The summed E-state index contributed by atoms with van der Waals surface area (Å²) in [6.45, 7) is 0. The highest BCUT2D eigenvalue weighted by molar-refractivity contribution is 7.89. The highest BCUT2D eigenvalue weighted by Crippen LogP contribution is 2.27. The van der Waals surface area contributed by atoms with Gasteiger partial charge in [-0.2, -0.15) is 0 Å². The minimum atomic E-state index is -3.85. The SMILES string of the molecule is C#CCC(=O)Nc1cc(S(N)(=O)=O)ccc1OC. The second kappa shape index (κ2) is 5.53. The molecule has 0 spiro atoms. The van der Waals surface area contributed by atoms with Crippen LogP contribution in [0.15, 0.2) is 23.1 Å². The molecule has 0 bridgehead atoms. The zero-order valence-corrected chi connectivity index (χ0v) is 10.5. The molecule has 0 unspecified atom stereocenters. The number of carbonyl (C=O) groups is 1. The number of terminal acetylenes is 1. The summed E-state index contributed by atoms with van der Waals surface area (Å²) >= 11 is 0. The van der Waals surface area contributed by atoms with Crippen molar-refractivity contribution in [3.63, 3.8) is 0 Å². The van der Waals surface area contributed by atoms with E-state index in [0.717, 1.165) is 0 Å². The summed E-state index contributed by atoms with van der Waals surface area (Å²) in [5, 5.41) is 7.44. The van der Waals surface area contributed by atoms with Gasteiger partial charge in [0.2, 0.25) is 15.9 Å². The Kier molecular flexibility index (Phi) is 4.31. The normalized spacial score (nSPS) is 10.5. The van der Waals surface area contributed by atoms with Gasteiger partial charge in [0.15, 0.2) is 0 Å². The molecule has 3 N–H and O–H groups in total. The van der Waals surface area contributed by atoms with Gasteiger partial charge in [0.1, 0.15) is 5.75 Å². The number of nitrogens with one attached hydrogen (secondary N) is 1. The second-order valence-electron chi connectivity index (χ2n) is 3.34. The van der Waals surface area contributed by atoms with Crippen LogP contribution in [0, 0.1) is 12.3 Å². The predicted octanol–water partition coefficient (Wildman–Crippen LogP) is 0.304. The van der Waals surface area contributed by atoms with E-state index in [0.29, 0.717) is 5.75 Å². The van der Waals surface area contributed by atoms with Gasteiger partial charge in [0.05, 0.1) is 24.1 Å². The fraction of sp³-hybridized carbons (Fsp3) is 0.182. The van der Waals surface area contributed by atoms with Crippen LogP contribution in [-0.2, 0) is 14.8 Å². The molecule has 0 aliphatic carbocycles. The molecule has 96 valence electrons. The molecule has 7 heteroatoms. The number of hydrogen-bond acceptors (Lipinski definition) is 4. The zero-order chi connectivity index (χ0) is 13.8. The molecule has 0 aliphatic heterocycles. The molecule has 0 aliphatic rings. The maximum atomic E-state index is 11.4. The number of methoxy groups -OCH3 is 1. The van der Waals surface area contributed by atoms with Gasteiger partial charge in [-0.05, 0) is 18.2 Å². The highest BCUT2D eigenvalue weighted by atomic mass is 32.2. The molecule has 0 saturated carbocycles. The lowest BCUT2D eigenvalue weighted by Gasteiger charge is -2.10. The van der Waals surface area contributed by atoms with Gasteiger partial charge in [0.25, 0.3) is 0 Å². The molecule has 0 radical (unpaired) electrons. The van der Waals surface area contributed by atoms with Crippen LogP contribution in [0.2, 0.25) is 0 Å². The number of anilines is 1. The topological polar surface area (TPSA) is 98.5 Å². The molecule has 1 aromatic rings. The first-order chi connectivity index (χ1) is 8.38. The molecular weight excluding hydrogens is 256 g/mol. The molecule has 1 amide bonds. The number of benzene rings is 1. The predicted molar refractivity (Wildman–Crippen MR) is 66.4 cm³/mol. The van der Waals surface area contributed by atoms with Gasteiger partial charge in [-0.3, -0.25) is 4.79 Å². The van der Waals surface area contributed by atoms with Crippen molar-refractivity contribution in [2.75, 3.05) is 12.4 Å². The van der Waals surface area contributed by atoms with Crippen molar-refractivity contribution in [2.24, 2.45) is 5.14 Å². The van der Waals surface area contributed by atoms with Crippen LogP contribution in [0.3, 0.4) is 0 Å². The summed E-state index contributed by atoms with van der Waals surface area (Å²) in [6.07, 6.45) is 4.87. The van der Waals surface area contributed by atoms with Gasteiger partial charge in [-0.25, -0.2) is 13.6 Å². The van der Waals surface area contributed by atoms with E-state index in [9.17, 15) is 13.2 Å². The number of nitrogens with two attached hydrogens (primary N) is 1. The van der Waals surface area contributed by atoms with E-state index in [1.807, 2.05) is 0 Å². The van der Waals surface area contributed by atoms with Crippen molar-refractivity contribution < 1.29 is 17.9 Å². The lowest BCUT2D eigenvalue weighted by molar-refractivity contribution is -0.115. The van der Waals surface area contributed by atoms with Gasteiger partial charge in [0, 0.05) is 0 Å². The fourth-order valence-corrected chi connectivity index (χ4v) is 1.79. The monoisotopic (exact) mass is 268 g/mol. The molecule has 1 rings (SSSR count). The van der Waals surface area contributed by atoms with Crippen molar-refractivity contribution >= 4 is 21.6 Å². The van der Waals surface area contributed by atoms with Gasteiger partial charge < -0.3 is 10.1 Å². The summed E-state index contributed by atoms with van der Waals surface area (Å²) in [4.78, 5) is 11.2. The van der Waals surface area contributed by atoms with Crippen molar-refractivity contribution in [3.05, 3.63) is 18.2 Å². The van der Waals surface area contributed by atoms with E-state index in [1.54, 1.807) is 0 Å². The first-order valence-electron chi connectivity index (χ1n) is 4.82. The third-order valence-corrected chi connectivity index (χ3v) is 2.95. The summed E-state index contributed by atoms with van der Waals surface area (Å²) in [5.41, 5.74) is 0.198. The van der Waals surface area contributed by atoms with Gasteiger partial charge in [-0.15, -0.1) is 6.42 Å². The average Bonchev–Trinajstić information content (AvgIpc) is 2.28. The summed E-state index contributed by atoms with van der Waals surface area (Å²) in [5.74, 6) is 2.04. The number of sulfonamides is 1. The quantitative estimate of drug-likeness (QED) is 0.767. The van der Waals surface area contributed by atoms with E-state index in [-0.39, 0.29) is 17.0 Å². The molecular formula is C11H12N2O4S. The third-order valence-electron chi connectivity index (χ3n) is 2.04. The largest absolute Gasteiger partial charge is 0.495 e. The molecule has 1 aromatic carbocycles. The maximum Gasteiger partial charge on any atom is 0.238 e. The first-order valence-corrected chi connectivity index (χ1v) is 6.37. The Morgan fingerprint density at radius 1 is 1.56 bits per heavy atom. The van der Waals surface area contributed by atoms with Crippen LogP contribution in [0.1, 0.15) is 6.42 Å². The van der Waals surface area contributed by atoms with Crippen molar-refractivity contribution in [2.45, 2.75) is 11.3 Å². The van der Waals surface area contributed by atoms with Gasteiger partial charge >= 0.3 is 0 Å². The van der Waals surface area contributed by atoms with Gasteiger partial charge in [-0.1, -0.05) is 5.92 Å². The lowest BCUT2D eigenvalue weighted by Crippen LogP contribution is -2.15. The molecule has 0 atom stereocenters. The first kappa shape index (κ1) is 14.0. The lowest BCUT2D eigenvalue weighted by atomic mass is 10.3. The average molecular weight is 268 g/mol. The molecule has 6 nitrogen and oxygen atoms in total. The van der Waals surface area contributed by atoms with Crippen LogP contribution in [0.5, 0.6) is 5.75 Å². The molecule has 0 heterocycles. The Bertz CT molecular complexity index is 602. The number of primary sulfonamides is 1. The van der Waals surface area contributed by atoms with Crippen molar-refractivity contribution in [1.29, 1.82) is 0 Å². The Morgan fingerprint density at radius 3 is 2.72 bits per heavy atom. The van der Waals surface area contributed by atoms with E-state index in [2.05, 4.69) is 11.2 Å². The number of ether oxygens (including phenoxy) is 1. The number of rotatable bonds is 4. The number of amides is 1. The van der Waals surface area contributed by atoms with Crippen LogP contribution >= 0.6 is 0 Å². The van der Waals surface area contributed by atoms with Crippen LogP contribution < -0.4 is 15.2 Å². The molecule has 0 fully saturated rings. The van der Waals surface area contributed by atoms with E-state index in [4.69, 9.17) is 16.3 Å². The van der Waals surface area contributed by atoms with E-state index < -0.39 is 15.9 Å². The highest BCUT2D eigenvalue weighted by Gasteiger charge is 2.13. The number of carbonyl (C=O) groups excluding carboxylic acids is 1. The van der Waals surface area contributed by atoms with Crippen molar-refractivity contribution in [1.82, 2.24) is 0 Å². The van der Waals surface area contributed by atoms with E-state index >= 15 is 0 Å². The Balaban J connectivity index is 3.15. The van der Waals surface area contributed by atoms with E-state index in [1.165, 1.54) is 25.3 Å². The Labute approximate surface area is 105 Å². The second-order valence-corrected chi connectivity index (χ2v) is 4.90. The van der Waals surface area contributed by atoms with Crippen LogP contribution in [0.25, 0.3) is 0 Å². The van der Waals surface area contributed by atoms with Crippen molar-refractivity contribution in [3.8, 4) is 18.1 Å². The Hall–Kier alpha value is -2.04. The summed E-state index contributed by atoms with van der Waals surface area (Å²) in [6, 6.07) is 3.89. The standard InChI is InChI=1S/C11H12N2O4S/c1-3-4-11(14)13-9-7-8(18(12,15)16)5-6-10(9)17-2/h1,5-7H,4H2,2H3,(H,13,14)(H2,12,15,16). The molecule has 0 saturated heterocycles. The fourth-order valence-electron chi connectivity index (χ4n) is 1.25. The summed E-state index contributed by atoms with van der Waals surface area (Å²) < 4.78 is 27.4. The maximum absolute atomic E-state index is 11.4. The molecule has 18 heavy (non-hydrogen) atoms. The third kappa shape index (κ3) is 3.48. The Morgan fingerprint density at radius 2 is 2.22 bits per heavy atom. The van der Waals surface area contributed by atoms with Crippen LogP contribution in [-0.4, -0.2) is 21.4 Å². The summed E-state index contributed by atoms with van der Waals surface area (Å²) in [7, 11) is -2.45. The minimum absolute atomic E-state index is 0.122. The molecule has 0 aromatic heterocycles. The minimum Gasteiger partial charge on any atom is -0.495 e. The zero-order valence-electron chi connectivity index (χ0n) is 9.64.